The number of halogens is 2. The van der Waals surface area contributed by atoms with Crippen molar-refractivity contribution in [3.63, 3.8) is 0 Å². The molecular weight excluding hydrogens is 604 g/mol. The molecular formula is C32H39FINO2Si. The van der Waals surface area contributed by atoms with Crippen LogP contribution in [0.5, 0.6) is 5.75 Å². The van der Waals surface area contributed by atoms with Gasteiger partial charge in [-0.15, -0.1) is 0 Å². The maximum atomic E-state index is 13.9. The first-order valence-electron chi connectivity index (χ1n) is 13.3. The van der Waals surface area contributed by atoms with Crippen LogP contribution in [-0.4, -0.2) is 26.6 Å². The van der Waals surface area contributed by atoms with E-state index in [1.54, 1.807) is 0 Å². The van der Waals surface area contributed by atoms with Crippen molar-refractivity contribution in [3.8, 4) is 11.4 Å². The van der Waals surface area contributed by atoms with Crippen LogP contribution in [0.15, 0.2) is 72.8 Å². The minimum atomic E-state index is -0.816. The van der Waals surface area contributed by atoms with Crippen molar-refractivity contribution in [2.75, 3.05) is 13.2 Å². The van der Waals surface area contributed by atoms with Crippen LogP contribution < -0.4 is 4.74 Å². The van der Waals surface area contributed by atoms with Crippen LogP contribution in [0.3, 0.4) is 0 Å². The number of fused-ring (bicyclic) bond motifs is 1. The normalized spacial score (nSPS) is 12.4. The first kappa shape index (κ1) is 28.8. The Labute approximate surface area is 242 Å². The van der Waals surface area contributed by atoms with Crippen molar-refractivity contribution in [2.45, 2.75) is 64.3 Å². The minimum Gasteiger partial charge on any atom is -0.488 e. The molecule has 0 saturated heterocycles. The first-order valence-corrected chi connectivity index (χ1v) is 17.3. The van der Waals surface area contributed by atoms with Crippen LogP contribution >= 0.6 is 22.6 Å². The zero-order valence-electron chi connectivity index (χ0n) is 23.4. The number of nitrogens with zero attached hydrogens (tertiary/aromatic N) is 1. The summed E-state index contributed by atoms with van der Waals surface area (Å²) in [5.74, 6) is 0.617. The first-order chi connectivity index (χ1) is 18.0. The van der Waals surface area contributed by atoms with Crippen LogP contribution in [0.2, 0.25) is 18.1 Å². The molecule has 1 heterocycles. The lowest BCUT2D eigenvalue weighted by Crippen LogP contribution is -2.28. The summed E-state index contributed by atoms with van der Waals surface area (Å²) < 4.78 is 30.0. The zero-order chi connectivity index (χ0) is 27.5. The Morgan fingerprint density at radius 1 is 0.895 bits per heavy atom. The van der Waals surface area contributed by atoms with Crippen LogP contribution in [0.1, 0.15) is 45.4 Å². The Morgan fingerprint density at radius 2 is 1.58 bits per heavy atom. The third kappa shape index (κ3) is 6.34. The fourth-order valence-electron chi connectivity index (χ4n) is 4.52. The van der Waals surface area contributed by atoms with Gasteiger partial charge in [-0.1, -0.05) is 77.2 Å². The predicted octanol–water partition coefficient (Wildman–Crippen LogP) is 8.90. The molecule has 38 heavy (non-hydrogen) atoms. The summed E-state index contributed by atoms with van der Waals surface area (Å²) in [5, 5.41) is 1.36. The number of ether oxygens (including phenoxy) is 2. The maximum absolute atomic E-state index is 13.9. The quantitative estimate of drug-likeness (QED) is 0.0926. The summed E-state index contributed by atoms with van der Waals surface area (Å²) in [6, 6.07) is 23.2. The minimum absolute atomic E-state index is 0.194. The lowest BCUT2D eigenvalue weighted by Gasteiger charge is -2.30. The van der Waals surface area contributed by atoms with Crippen molar-refractivity contribution in [1.29, 1.82) is 0 Å². The molecule has 0 atom stereocenters. The molecule has 4 rings (SSSR count). The standard InChI is InChI=1S/C32H39FINO2Si/c1-31(2,19-20-36-22-32(3,4)38(5)6)30-29(34)28-26(35(30)25-17-15-24(33)16-18-25)13-10-14-27(28)37-21-23-11-8-7-9-12-23/h7-18,38H,19-22H2,1-6H3. The summed E-state index contributed by atoms with van der Waals surface area (Å²) in [5.41, 5.74) is 4.12. The highest BCUT2D eigenvalue weighted by molar-refractivity contribution is 14.1. The van der Waals surface area contributed by atoms with Crippen molar-refractivity contribution >= 4 is 42.3 Å². The Hall–Kier alpha value is -2.16. The van der Waals surface area contributed by atoms with E-state index in [1.807, 2.05) is 42.5 Å². The third-order valence-corrected chi connectivity index (χ3v) is 12.1. The summed E-state index contributed by atoms with van der Waals surface area (Å²) in [4.78, 5) is 0. The van der Waals surface area contributed by atoms with Gasteiger partial charge >= 0.3 is 0 Å². The maximum Gasteiger partial charge on any atom is 0.130 e. The highest BCUT2D eigenvalue weighted by Gasteiger charge is 2.32. The van der Waals surface area contributed by atoms with Gasteiger partial charge in [-0.05, 0) is 76.0 Å². The second-order valence-corrected chi connectivity index (χ2v) is 16.7. The summed E-state index contributed by atoms with van der Waals surface area (Å²) in [6.07, 6.45) is 0.871. The number of aromatic nitrogens is 1. The molecule has 3 nitrogen and oxygen atoms in total. The highest BCUT2D eigenvalue weighted by Crippen LogP contribution is 2.43. The molecule has 202 valence electrons. The molecule has 0 bridgehead atoms. The van der Waals surface area contributed by atoms with Crippen molar-refractivity contribution in [1.82, 2.24) is 4.57 Å². The Morgan fingerprint density at radius 3 is 2.24 bits per heavy atom. The number of hydrogen-bond donors (Lipinski definition) is 0. The van der Waals surface area contributed by atoms with E-state index >= 15 is 0 Å². The molecule has 3 aromatic carbocycles. The fraction of sp³-hybridized carbons (Fsp3) is 0.375. The lowest BCUT2D eigenvalue weighted by molar-refractivity contribution is 0.0989. The molecule has 0 radical (unpaired) electrons. The van der Waals surface area contributed by atoms with Gasteiger partial charge in [0, 0.05) is 42.4 Å². The third-order valence-electron chi connectivity index (χ3n) is 7.77. The smallest absolute Gasteiger partial charge is 0.130 e. The molecule has 0 spiro atoms. The van der Waals surface area contributed by atoms with E-state index in [0.29, 0.717) is 13.2 Å². The Bertz CT molecular complexity index is 1360. The van der Waals surface area contributed by atoms with E-state index in [0.717, 1.165) is 44.5 Å². The van der Waals surface area contributed by atoms with Gasteiger partial charge in [-0.2, -0.15) is 0 Å². The number of rotatable bonds is 11. The predicted molar refractivity (Wildman–Crippen MR) is 168 cm³/mol. The molecule has 1 aromatic heterocycles. The van der Waals surface area contributed by atoms with E-state index in [1.165, 1.54) is 17.8 Å². The van der Waals surface area contributed by atoms with Crippen molar-refractivity contribution < 1.29 is 13.9 Å². The molecule has 0 saturated carbocycles. The zero-order valence-corrected chi connectivity index (χ0v) is 26.7. The summed E-state index contributed by atoms with van der Waals surface area (Å²) >= 11 is 2.47. The van der Waals surface area contributed by atoms with Crippen molar-refractivity contribution in [2.24, 2.45) is 0 Å². The number of hydrogen-bond acceptors (Lipinski definition) is 2. The second-order valence-electron chi connectivity index (χ2n) is 11.7. The van der Waals surface area contributed by atoms with E-state index < -0.39 is 8.80 Å². The van der Waals surface area contributed by atoms with Crippen LogP contribution in [0.25, 0.3) is 16.6 Å². The van der Waals surface area contributed by atoms with Gasteiger partial charge in [0.25, 0.3) is 0 Å². The average molecular weight is 644 g/mol. The summed E-state index contributed by atoms with van der Waals surface area (Å²) in [7, 11) is -0.816. The largest absolute Gasteiger partial charge is 0.488 e. The van der Waals surface area contributed by atoms with Gasteiger partial charge in [0.2, 0.25) is 0 Å². The van der Waals surface area contributed by atoms with Gasteiger partial charge in [0.1, 0.15) is 18.2 Å². The van der Waals surface area contributed by atoms with Gasteiger partial charge in [0.05, 0.1) is 10.9 Å². The van der Waals surface area contributed by atoms with Crippen LogP contribution in [0, 0.1) is 9.39 Å². The van der Waals surface area contributed by atoms with Gasteiger partial charge in [-0.3, -0.25) is 0 Å². The lowest BCUT2D eigenvalue weighted by atomic mass is 9.85. The second kappa shape index (κ2) is 11.9. The molecule has 0 aliphatic rings. The highest BCUT2D eigenvalue weighted by atomic mass is 127. The van der Waals surface area contributed by atoms with Crippen LogP contribution in [-0.2, 0) is 16.8 Å². The molecule has 0 unspecified atom stereocenters. The van der Waals surface area contributed by atoms with Gasteiger partial charge < -0.3 is 14.0 Å². The SMILES string of the molecule is C[SiH](C)C(C)(C)COCCC(C)(C)c1c(I)c2c(OCc3ccccc3)cccc2n1-c1ccc(F)cc1. The van der Waals surface area contributed by atoms with Crippen LogP contribution in [0.4, 0.5) is 4.39 Å². The topological polar surface area (TPSA) is 23.4 Å². The molecule has 6 heteroatoms. The average Bonchev–Trinajstić information content (AvgIpc) is 3.20. The summed E-state index contributed by atoms with van der Waals surface area (Å²) in [6.45, 7) is 15.9. The van der Waals surface area contributed by atoms with E-state index in [9.17, 15) is 4.39 Å². The van der Waals surface area contributed by atoms with E-state index in [4.69, 9.17) is 9.47 Å². The molecule has 0 fully saturated rings. The number of benzene rings is 3. The fourth-order valence-corrected chi connectivity index (χ4v) is 6.49. The molecule has 4 aromatic rings. The molecule has 0 N–H and O–H groups in total. The van der Waals surface area contributed by atoms with Gasteiger partial charge in [-0.25, -0.2) is 4.39 Å². The van der Waals surface area contributed by atoms with E-state index in [-0.39, 0.29) is 16.3 Å². The van der Waals surface area contributed by atoms with Crippen molar-refractivity contribution in [3.05, 3.63) is 93.4 Å². The molecule has 0 amide bonds. The molecule has 0 aliphatic carbocycles. The molecule has 0 aliphatic heterocycles. The van der Waals surface area contributed by atoms with E-state index in [2.05, 4.69) is 86.1 Å². The Balaban J connectivity index is 1.73. The Kier molecular flexibility index (Phi) is 9.05. The van der Waals surface area contributed by atoms with Gasteiger partial charge in [0.15, 0.2) is 0 Å². The monoisotopic (exact) mass is 643 g/mol.